The largest absolute Gasteiger partial charge is 0.484 e. The van der Waals surface area contributed by atoms with Gasteiger partial charge >= 0.3 is 0 Å². The molecule has 0 aliphatic rings. The second-order valence-electron chi connectivity index (χ2n) is 7.97. The van der Waals surface area contributed by atoms with Crippen molar-refractivity contribution in [3.63, 3.8) is 0 Å². The van der Waals surface area contributed by atoms with Gasteiger partial charge in [0.1, 0.15) is 5.75 Å². The Balaban J connectivity index is 1.85. The highest BCUT2D eigenvalue weighted by Gasteiger charge is 2.13. The quantitative estimate of drug-likeness (QED) is 0.739. The predicted octanol–water partition coefficient (Wildman–Crippen LogP) is 4.53. The fourth-order valence-corrected chi connectivity index (χ4v) is 2.51. The van der Waals surface area contributed by atoms with Crippen molar-refractivity contribution in [2.24, 2.45) is 0 Å². The van der Waals surface area contributed by atoms with Gasteiger partial charge in [0.2, 0.25) is 0 Å². The molecule has 28 heavy (non-hydrogen) atoms. The van der Waals surface area contributed by atoms with E-state index >= 15 is 0 Å². The summed E-state index contributed by atoms with van der Waals surface area (Å²) in [5, 5.41) is 5.68. The van der Waals surface area contributed by atoms with E-state index in [0.29, 0.717) is 17.0 Å². The highest BCUT2D eigenvalue weighted by atomic mass is 16.5. The molecule has 0 spiro atoms. The van der Waals surface area contributed by atoms with Crippen molar-refractivity contribution in [2.45, 2.75) is 52.5 Å². The smallest absolute Gasteiger partial charge is 0.262 e. The number of benzene rings is 2. The lowest BCUT2D eigenvalue weighted by molar-refractivity contribution is -0.118. The van der Waals surface area contributed by atoms with Crippen LogP contribution in [0.5, 0.6) is 5.75 Å². The predicted molar refractivity (Wildman–Crippen MR) is 113 cm³/mol. The molecule has 2 aromatic carbocycles. The van der Waals surface area contributed by atoms with E-state index in [4.69, 9.17) is 4.74 Å². The van der Waals surface area contributed by atoms with Crippen LogP contribution in [0, 0.1) is 0 Å². The molecule has 0 aromatic heterocycles. The summed E-state index contributed by atoms with van der Waals surface area (Å²) in [6.45, 7) is 10.3. The molecule has 5 heteroatoms. The lowest BCUT2D eigenvalue weighted by Crippen LogP contribution is -2.31. The van der Waals surface area contributed by atoms with Gasteiger partial charge in [0.25, 0.3) is 11.8 Å². The molecule has 2 N–H and O–H groups in total. The fourth-order valence-electron chi connectivity index (χ4n) is 2.51. The summed E-state index contributed by atoms with van der Waals surface area (Å²) >= 11 is 0. The molecule has 5 nitrogen and oxygen atoms in total. The summed E-state index contributed by atoms with van der Waals surface area (Å²) in [4.78, 5) is 24.2. The first-order valence-electron chi connectivity index (χ1n) is 9.63. The lowest BCUT2D eigenvalue weighted by atomic mass is 9.87. The average Bonchev–Trinajstić information content (AvgIpc) is 2.66. The van der Waals surface area contributed by atoms with Crippen LogP contribution in [0.4, 0.5) is 5.69 Å². The number of rotatable bonds is 7. The molecule has 0 aliphatic carbocycles. The van der Waals surface area contributed by atoms with Crippen LogP contribution in [-0.4, -0.2) is 24.5 Å². The Hall–Kier alpha value is -2.82. The van der Waals surface area contributed by atoms with Crippen molar-refractivity contribution in [1.82, 2.24) is 5.32 Å². The lowest BCUT2D eigenvalue weighted by Gasteiger charge is -2.19. The van der Waals surface area contributed by atoms with Crippen LogP contribution >= 0.6 is 0 Å². The molecule has 2 aromatic rings. The van der Waals surface area contributed by atoms with Gasteiger partial charge in [-0.2, -0.15) is 0 Å². The van der Waals surface area contributed by atoms with E-state index in [1.165, 1.54) is 5.56 Å². The Labute approximate surface area is 167 Å². The summed E-state index contributed by atoms with van der Waals surface area (Å²) in [7, 11) is 0. The molecule has 0 fully saturated rings. The molecule has 0 saturated carbocycles. The first kappa shape index (κ1) is 21.5. The molecule has 1 unspecified atom stereocenters. The summed E-state index contributed by atoms with van der Waals surface area (Å²) in [5.74, 6) is 0.284. The zero-order chi connectivity index (χ0) is 20.7. The summed E-state index contributed by atoms with van der Waals surface area (Å²) < 4.78 is 5.55. The Kier molecular flexibility index (Phi) is 7.21. The van der Waals surface area contributed by atoms with Crippen LogP contribution in [0.3, 0.4) is 0 Å². The average molecular weight is 383 g/mol. The maximum atomic E-state index is 12.1. The third kappa shape index (κ3) is 6.41. The number of amides is 2. The Morgan fingerprint density at radius 1 is 1.00 bits per heavy atom. The minimum Gasteiger partial charge on any atom is -0.484 e. The Morgan fingerprint density at radius 2 is 1.61 bits per heavy atom. The molecular formula is C23H30N2O3. The third-order valence-corrected chi connectivity index (χ3v) is 4.51. The first-order chi connectivity index (χ1) is 13.2. The number of anilines is 1. The van der Waals surface area contributed by atoms with Gasteiger partial charge in [-0.05, 0) is 60.7 Å². The van der Waals surface area contributed by atoms with Gasteiger partial charge in [-0.15, -0.1) is 0 Å². The van der Waals surface area contributed by atoms with Crippen LogP contribution in [0.25, 0.3) is 0 Å². The number of carbonyl (C=O) groups is 2. The zero-order valence-electron chi connectivity index (χ0n) is 17.3. The Bertz CT molecular complexity index is 790. The van der Waals surface area contributed by atoms with Crippen LogP contribution in [0.1, 0.15) is 57.0 Å². The molecule has 2 rings (SSSR count). The highest BCUT2D eigenvalue weighted by Crippen LogP contribution is 2.24. The van der Waals surface area contributed by atoms with Crippen molar-refractivity contribution in [1.29, 1.82) is 0 Å². The van der Waals surface area contributed by atoms with Crippen molar-refractivity contribution in [3.05, 3.63) is 59.7 Å². The molecule has 0 aliphatic heterocycles. The van der Waals surface area contributed by atoms with Crippen molar-refractivity contribution in [2.75, 3.05) is 11.9 Å². The van der Waals surface area contributed by atoms with Crippen LogP contribution in [0.15, 0.2) is 48.5 Å². The highest BCUT2D eigenvalue weighted by molar-refractivity contribution is 5.96. The van der Waals surface area contributed by atoms with Gasteiger partial charge in [-0.1, -0.05) is 39.8 Å². The Morgan fingerprint density at radius 3 is 2.14 bits per heavy atom. The van der Waals surface area contributed by atoms with Gasteiger partial charge < -0.3 is 15.4 Å². The van der Waals surface area contributed by atoms with E-state index in [0.717, 1.165) is 6.42 Å². The number of carbonyl (C=O) groups excluding carboxylic acids is 2. The molecule has 0 bridgehead atoms. The van der Waals surface area contributed by atoms with Crippen LogP contribution < -0.4 is 15.4 Å². The second kappa shape index (κ2) is 9.40. The van der Waals surface area contributed by atoms with Crippen molar-refractivity contribution in [3.8, 4) is 5.75 Å². The van der Waals surface area contributed by atoms with E-state index in [1.807, 2.05) is 38.1 Å². The summed E-state index contributed by atoms with van der Waals surface area (Å²) in [5.41, 5.74) is 2.47. The second-order valence-corrected chi connectivity index (χ2v) is 7.97. The maximum Gasteiger partial charge on any atom is 0.262 e. The van der Waals surface area contributed by atoms with Gasteiger partial charge in [0.05, 0.1) is 0 Å². The number of ether oxygens (including phenoxy) is 1. The molecule has 0 heterocycles. The zero-order valence-corrected chi connectivity index (χ0v) is 17.3. The normalized spacial score (nSPS) is 12.2. The van der Waals surface area contributed by atoms with Crippen LogP contribution in [-0.2, 0) is 10.2 Å². The summed E-state index contributed by atoms with van der Waals surface area (Å²) in [6, 6.07) is 14.7. The SMILES string of the molecule is CCC(C)NC(=O)c1ccc(NC(=O)COc2ccc(C(C)(C)C)cc2)cc1. The number of hydrogen-bond donors (Lipinski definition) is 2. The first-order valence-corrected chi connectivity index (χ1v) is 9.63. The minimum absolute atomic E-state index is 0.0769. The molecule has 0 saturated heterocycles. The van der Waals surface area contributed by atoms with Crippen molar-refractivity contribution >= 4 is 17.5 Å². The van der Waals surface area contributed by atoms with E-state index < -0.39 is 0 Å². The monoisotopic (exact) mass is 382 g/mol. The van der Waals surface area contributed by atoms with E-state index in [1.54, 1.807) is 24.3 Å². The van der Waals surface area contributed by atoms with E-state index in [2.05, 4.69) is 31.4 Å². The number of hydrogen-bond acceptors (Lipinski definition) is 3. The van der Waals surface area contributed by atoms with Gasteiger partial charge in [-0.3, -0.25) is 9.59 Å². The van der Waals surface area contributed by atoms with Gasteiger partial charge in [-0.25, -0.2) is 0 Å². The number of nitrogens with one attached hydrogen (secondary N) is 2. The molecule has 1 atom stereocenters. The van der Waals surface area contributed by atoms with Gasteiger partial charge in [0, 0.05) is 17.3 Å². The molecular weight excluding hydrogens is 352 g/mol. The maximum absolute atomic E-state index is 12.1. The standard InChI is InChI=1S/C23H30N2O3/c1-6-16(2)24-22(27)17-7-11-19(12-8-17)25-21(26)15-28-20-13-9-18(10-14-20)23(3,4)5/h7-14,16H,6,15H2,1-5H3,(H,24,27)(H,25,26). The molecule has 150 valence electrons. The van der Waals surface area contributed by atoms with Gasteiger partial charge in [0.15, 0.2) is 6.61 Å². The summed E-state index contributed by atoms with van der Waals surface area (Å²) in [6.07, 6.45) is 0.874. The minimum atomic E-state index is -0.253. The fraction of sp³-hybridized carbons (Fsp3) is 0.391. The van der Waals surface area contributed by atoms with Crippen molar-refractivity contribution < 1.29 is 14.3 Å². The third-order valence-electron chi connectivity index (χ3n) is 4.51. The van der Waals surface area contributed by atoms with Crippen LogP contribution in [0.2, 0.25) is 0 Å². The topological polar surface area (TPSA) is 67.4 Å². The van der Waals surface area contributed by atoms with E-state index in [-0.39, 0.29) is 29.9 Å². The molecule has 0 radical (unpaired) electrons. The van der Waals surface area contributed by atoms with E-state index in [9.17, 15) is 9.59 Å². The molecule has 2 amide bonds.